The van der Waals surface area contributed by atoms with Gasteiger partial charge in [0.05, 0.1) is 28.6 Å². The lowest BCUT2D eigenvalue weighted by Crippen LogP contribution is -2.40. The lowest BCUT2D eigenvalue weighted by Gasteiger charge is -2.26. The van der Waals surface area contributed by atoms with Gasteiger partial charge in [0.15, 0.2) is 0 Å². The molecule has 6 rings (SSSR count). The number of ether oxygens (including phenoxy) is 2. The molecule has 42 heavy (non-hydrogen) atoms. The molecule has 0 saturated carbocycles. The Kier molecular flexibility index (Phi) is 8.08. The van der Waals surface area contributed by atoms with Crippen molar-refractivity contribution in [3.8, 4) is 16.9 Å². The molecule has 1 N–H and O–H groups in total. The molecule has 0 radical (unpaired) electrons. The zero-order chi connectivity index (χ0) is 29.1. The summed E-state index contributed by atoms with van der Waals surface area (Å²) in [4.78, 5) is 4.82. The lowest BCUT2D eigenvalue weighted by atomic mass is 10.0. The van der Waals surface area contributed by atoms with Gasteiger partial charge in [0.25, 0.3) is 0 Å². The van der Waals surface area contributed by atoms with E-state index in [1.165, 1.54) is 16.4 Å². The Bertz CT molecular complexity index is 1850. The molecule has 0 amide bonds. The van der Waals surface area contributed by atoms with Crippen LogP contribution in [-0.2, 0) is 21.4 Å². The van der Waals surface area contributed by atoms with Gasteiger partial charge in [-0.1, -0.05) is 48.0 Å². The Labute approximate surface area is 248 Å². The summed E-state index contributed by atoms with van der Waals surface area (Å²) in [6.07, 6.45) is 1.73. The number of nitrogens with zero attached hydrogens (tertiary/aromatic N) is 2. The van der Waals surface area contributed by atoms with E-state index in [9.17, 15) is 12.8 Å². The monoisotopic (exact) mass is 603 g/mol. The Morgan fingerprint density at radius 1 is 0.929 bits per heavy atom. The summed E-state index contributed by atoms with van der Waals surface area (Å²) in [5.74, 6) is 0.186. The van der Waals surface area contributed by atoms with E-state index >= 15 is 0 Å². The highest BCUT2D eigenvalue weighted by molar-refractivity contribution is 7.89. The van der Waals surface area contributed by atoms with Crippen LogP contribution < -0.4 is 10.1 Å². The normalized spacial score (nSPS) is 14.1. The molecule has 10 heteroatoms. The third kappa shape index (κ3) is 6.10. The number of fused-ring (bicyclic) bond motifs is 1. The van der Waals surface area contributed by atoms with Gasteiger partial charge in [-0.15, -0.1) is 0 Å². The van der Waals surface area contributed by atoms with Gasteiger partial charge in [-0.3, -0.25) is 4.98 Å². The minimum atomic E-state index is -3.55. The Morgan fingerprint density at radius 3 is 2.48 bits per heavy atom. The van der Waals surface area contributed by atoms with E-state index in [0.717, 1.165) is 33.4 Å². The van der Waals surface area contributed by atoms with Crippen molar-refractivity contribution >= 4 is 43.9 Å². The summed E-state index contributed by atoms with van der Waals surface area (Å²) in [5.41, 5.74) is 4.92. The van der Waals surface area contributed by atoms with Crippen molar-refractivity contribution in [2.75, 3.05) is 31.6 Å². The average Bonchev–Trinajstić information content (AvgIpc) is 3.01. The molecular formula is C32H27ClFN3O4S. The van der Waals surface area contributed by atoms with Gasteiger partial charge >= 0.3 is 0 Å². The minimum absolute atomic E-state index is 0.202. The first-order valence-electron chi connectivity index (χ1n) is 13.4. The number of benzene rings is 4. The van der Waals surface area contributed by atoms with Crippen molar-refractivity contribution in [2.45, 2.75) is 11.5 Å². The third-order valence-corrected chi connectivity index (χ3v) is 9.24. The molecule has 0 spiro atoms. The van der Waals surface area contributed by atoms with E-state index in [1.807, 2.05) is 42.5 Å². The highest BCUT2D eigenvalue weighted by Crippen LogP contribution is 2.33. The number of aromatic nitrogens is 1. The van der Waals surface area contributed by atoms with Crippen molar-refractivity contribution < 1.29 is 22.3 Å². The van der Waals surface area contributed by atoms with E-state index < -0.39 is 10.0 Å². The fourth-order valence-corrected chi connectivity index (χ4v) is 6.47. The predicted octanol–water partition coefficient (Wildman–Crippen LogP) is 7.04. The number of sulfonamides is 1. The van der Waals surface area contributed by atoms with Crippen molar-refractivity contribution in [1.29, 1.82) is 0 Å². The third-order valence-electron chi connectivity index (χ3n) is 7.03. The van der Waals surface area contributed by atoms with Crippen molar-refractivity contribution in [3.63, 3.8) is 0 Å². The lowest BCUT2D eigenvalue weighted by molar-refractivity contribution is 0.0730. The first kappa shape index (κ1) is 28.1. The standard InChI is InChI=1S/C32H27ClFN3O4S/c33-29-20-26(7-11-32(29)41-21-22-2-1-3-25(34)18-22)36-30-12-13-35-31-19-24(6-10-28(30)31)23-4-8-27(9-5-23)42(38,39)37-14-16-40-17-15-37/h1-13,18-20H,14-17,21H2,(H,35,36). The highest BCUT2D eigenvalue weighted by atomic mass is 35.5. The van der Waals surface area contributed by atoms with Crippen molar-refractivity contribution in [1.82, 2.24) is 9.29 Å². The van der Waals surface area contributed by atoms with Gasteiger partial charge in [-0.25, -0.2) is 12.8 Å². The molecule has 1 aliphatic rings. The van der Waals surface area contributed by atoms with Crippen molar-refractivity contribution in [2.24, 2.45) is 0 Å². The summed E-state index contributed by atoms with van der Waals surface area (Å²) in [6, 6.07) is 26.4. The van der Waals surface area contributed by atoms with E-state index in [2.05, 4.69) is 10.3 Å². The van der Waals surface area contributed by atoms with Gasteiger partial charge in [-0.2, -0.15) is 4.31 Å². The van der Waals surface area contributed by atoms with Crippen LogP contribution in [0.2, 0.25) is 5.02 Å². The Balaban J connectivity index is 1.18. The number of hydrogen-bond donors (Lipinski definition) is 1. The summed E-state index contributed by atoms with van der Waals surface area (Å²) in [7, 11) is -3.55. The predicted molar refractivity (Wildman–Crippen MR) is 162 cm³/mol. The van der Waals surface area contributed by atoms with Gasteiger partial charge in [-0.05, 0) is 71.3 Å². The van der Waals surface area contributed by atoms with Gasteiger partial charge in [0.1, 0.15) is 18.2 Å². The van der Waals surface area contributed by atoms with E-state index in [1.54, 1.807) is 42.6 Å². The first-order chi connectivity index (χ1) is 20.4. The second kappa shape index (κ2) is 12.1. The number of morpholine rings is 1. The van der Waals surface area contributed by atoms with E-state index in [4.69, 9.17) is 21.1 Å². The Morgan fingerprint density at radius 2 is 1.71 bits per heavy atom. The molecule has 7 nitrogen and oxygen atoms in total. The smallest absolute Gasteiger partial charge is 0.243 e. The summed E-state index contributed by atoms with van der Waals surface area (Å²) >= 11 is 6.49. The van der Waals surface area contributed by atoms with Gasteiger partial charge in [0, 0.05) is 36.0 Å². The maximum Gasteiger partial charge on any atom is 0.243 e. The summed E-state index contributed by atoms with van der Waals surface area (Å²) in [5, 5.41) is 4.74. The molecule has 1 fully saturated rings. The zero-order valence-electron chi connectivity index (χ0n) is 22.5. The topological polar surface area (TPSA) is 80.8 Å². The molecular weight excluding hydrogens is 577 g/mol. The van der Waals surface area contributed by atoms with Crippen LogP contribution in [0.3, 0.4) is 0 Å². The van der Waals surface area contributed by atoms with Crippen LogP contribution in [0, 0.1) is 5.82 Å². The number of pyridine rings is 1. The summed E-state index contributed by atoms with van der Waals surface area (Å²) < 4.78 is 51.9. The Hall–Kier alpha value is -4.02. The molecule has 1 saturated heterocycles. The molecule has 0 atom stereocenters. The van der Waals surface area contributed by atoms with Crippen molar-refractivity contribution in [3.05, 3.63) is 114 Å². The maximum atomic E-state index is 13.4. The maximum absolute atomic E-state index is 13.4. The second-order valence-electron chi connectivity index (χ2n) is 9.82. The highest BCUT2D eigenvalue weighted by Gasteiger charge is 2.26. The van der Waals surface area contributed by atoms with Crippen LogP contribution in [0.5, 0.6) is 5.75 Å². The van der Waals surface area contributed by atoms with Crippen LogP contribution in [0.15, 0.2) is 102 Å². The average molecular weight is 604 g/mol. The number of halogens is 2. The van der Waals surface area contributed by atoms with Crippen LogP contribution >= 0.6 is 11.6 Å². The van der Waals surface area contributed by atoms with Crippen LogP contribution in [0.25, 0.3) is 22.0 Å². The number of nitrogens with one attached hydrogen (secondary N) is 1. The van der Waals surface area contributed by atoms with E-state index in [-0.39, 0.29) is 17.3 Å². The SMILES string of the molecule is O=S(=O)(c1ccc(-c2ccc3c(Nc4ccc(OCc5cccc(F)c5)c(Cl)c4)ccnc3c2)cc1)N1CCOCC1. The number of anilines is 2. The molecule has 2 heterocycles. The molecule has 0 bridgehead atoms. The molecule has 5 aromatic rings. The summed E-state index contributed by atoms with van der Waals surface area (Å²) in [6.45, 7) is 1.73. The molecule has 0 aliphatic carbocycles. The fraction of sp³-hybridized carbons (Fsp3) is 0.156. The van der Waals surface area contributed by atoms with Gasteiger partial charge in [0.2, 0.25) is 10.0 Å². The van der Waals surface area contributed by atoms with Crippen LogP contribution in [0.1, 0.15) is 5.56 Å². The molecule has 214 valence electrons. The first-order valence-corrected chi connectivity index (χ1v) is 15.2. The number of hydrogen-bond acceptors (Lipinski definition) is 6. The molecule has 1 aliphatic heterocycles. The fourth-order valence-electron chi connectivity index (χ4n) is 4.83. The quantitative estimate of drug-likeness (QED) is 0.205. The molecule has 1 aromatic heterocycles. The van der Waals surface area contributed by atoms with E-state index in [0.29, 0.717) is 42.6 Å². The van der Waals surface area contributed by atoms with Crippen LogP contribution in [0.4, 0.5) is 15.8 Å². The zero-order valence-corrected chi connectivity index (χ0v) is 24.0. The van der Waals surface area contributed by atoms with Crippen LogP contribution in [-0.4, -0.2) is 44.0 Å². The number of rotatable bonds is 8. The molecule has 4 aromatic carbocycles. The molecule has 0 unspecified atom stereocenters. The largest absolute Gasteiger partial charge is 0.487 e. The minimum Gasteiger partial charge on any atom is -0.487 e. The second-order valence-corrected chi connectivity index (χ2v) is 12.2. The van der Waals surface area contributed by atoms with Gasteiger partial charge < -0.3 is 14.8 Å².